The molecule has 1 saturated carbocycles. The van der Waals surface area contributed by atoms with Gasteiger partial charge in [0.1, 0.15) is 23.7 Å². The Kier molecular flexibility index (Phi) is 8.37. The van der Waals surface area contributed by atoms with Crippen molar-refractivity contribution in [3.05, 3.63) is 11.1 Å². The van der Waals surface area contributed by atoms with E-state index in [2.05, 4.69) is 10.1 Å². The van der Waals surface area contributed by atoms with Crippen molar-refractivity contribution in [3.63, 3.8) is 0 Å². The Balaban J connectivity index is 2.31. The lowest BCUT2D eigenvalue weighted by atomic mass is 9.80. The van der Waals surface area contributed by atoms with E-state index < -0.39 is 23.1 Å². The van der Waals surface area contributed by atoms with Crippen molar-refractivity contribution < 1.29 is 33.5 Å². The fraction of sp³-hybridized carbons (Fsp3) is 0.556. The third-order valence-corrected chi connectivity index (χ3v) is 5.21. The molecule has 1 heterocycles. The number of aromatic nitrogens is 1. The number of rotatable bonds is 11. The van der Waals surface area contributed by atoms with Crippen LogP contribution in [0.5, 0.6) is 0 Å². The average Bonchev–Trinajstić information content (AvgIpc) is 3.12. The minimum Gasteiger partial charge on any atom is -0.461 e. The summed E-state index contributed by atoms with van der Waals surface area (Å²) in [5, 5.41) is 5.85. The van der Waals surface area contributed by atoms with E-state index in [1.54, 1.807) is 27.7 Å². The van der Waals surface area contributed by atoms with Gasteiger partial charge in [0, 0.05) is 18.2 Å². The molecule has 0 aromatic carbocycles. The van der Waals surface area contributed by atoms with Gasteiger partial charge < -0.3 is 28.6 Å². The van der Waals surface area contributed by atoms with E-state index >= 15 is 0 Å². The van der Waals surface area contributed by atoms with E-state index in [4.69, 9.17) is 14.3 Å². The van der Waals surface area contributed by atoms with Crippen LogP contribution in [0.25, 0.3) is 0 Å². The summed E-state index contributed by atoms with van der Waals surface area (Å²) in [6.45, 7) is 7.02. The molecule has 1 aromatic heterocycles. The van der Waals surface area contributed by atoms with Gasteiger partial charge >= 0.3 is 11.9 Å². The number of nitrogens with zero attached hydrogens (tertiary/aromatic N) is 3. The van der Waals surface area contributed by atoms with Crippen LogP contribution < -0.4 is 4.72 Å². The zero-order chi connectivity index (χ0) is 23.1. The van der Waals surface area contributed by atoms with Crippen LogP contribution in [0.4, 0.5) is 5.13 Å². The third-order valence-electron chi connectivity index (χ3n) is 4.31. The molecule has 13 heteroatoms. The van der Waals surface area contributed by atoms with Gasteiger partial charge in [0.2, 0.25) is 11.3 Å². The zero-order valence-electron chi connectivity index (χ0n) is 18.1. The number of carbonyl (C=O) groups excluding carboxylic acids is 4. The molecule has 2 rings (SSSR count). The van der Waals surface area contributed by atoms with Crippen LogP contribution in [0.1, 0.15) is 52.7 Å². The second-order valence-electron chi connectivity index (χ2n) is 7.86. The van der Waals surface area contributed by atoms with Crippen LogP contribution in [-0.4, -0.2) is 67.6 Å². The Morgan fingerprint density at radius 1 is 1.29 bits per heavy atom. The summed E-state index contributed by atoms with van der Waals surface area (Å²) < 4.78 is 11.9. The monoisotopic (exact) mass is 449 g/mol. The van der Waals surface area contributed by atoms with Gasteiger partial charge in [-0.05, 0) is 34.1 Å². The molecule has 0 atom stereocenters. The highest BCUT2D eigenvalue weighted by molar-refractivity contribution is 7.16. The predicted octanol–water partition coefficient (Wildman–Crippen LogP) is 0.581. The molecule has 0 amide bonds. The first-order valence-electron chi connectivity index (χ1n) is 9.90. The minimum atomic E-state index is -1.26. The topological polar surface area (TPSA) is 124 Å². The number of hydrogen-bond acceptors (Lipinski definition) is 11. The highest BCUT2D eigenvalue weighted by Crippen LogP contribution is 2.38. The van der Waals surface area contributed by atoms with E-state index in [9.17, 15) is 19.2 Å². The van der Waals surface area contributed by atoms with Crippen LogP contribution in [0.2, 0.25) is 0 Å². The largest absolute Gasteiger partial charge is 0.461 e. The molecular weight excluding hydrogens is 424 g/mol. The molecule has 1 aliphatic carbocycles. The van der Waals surface area contributed by atoms with Gasteiger partial charge in [-0.1, -0.05) is 5.16 Å². The van der Waals surface area contributed by atoms with Crippen molar-refractivity contribution in [3.8, 4) is 0 Å². The first kappa shape index (κ1) is 24.6. The van der Waals surface area contributed by atoms with Crippen LogP contribution in [0.15, 0.2) is 10.5 Å². The van der Waals surface area contributed by atoms with E-state index in [0.29, 0.717) is 30.3 Å². The van der Waals surface area contributed by atoms with Crippen molar-refractivity contribution in [2.75, 3.05) is 11.3 Å². The van der Waals surface area contributed by atoms with Gasteiger partial charge in [0.05, 0.1) is 6.61 Å². The van der Waals surface area contributed by atoms with Crippen molar-refractivity contribution in [1.82, 2.24) is 4.98 Å². The summed E-state index contributed by atoms with van der Waals surface area (Å²) in [7, 11) is -0.0638. The lowest BCUT2D eigenvalue weighted by Crippen LogP contribution is -2.50. The van der Waals surface area contributed by atoms with Crippen molar-refractivity contribution >= 4 is 61.3 Å². The summed E-state index contributed by atoms with van der Waals surface area (Å²) in [6, 6.07) is 0. The fourth-order valence-electron chi connectivity index (χ4n) is 2.65. The molecule has 166 valence electrons. The molecule has 1 aromatic rings. The maximum Gasteiger partial charge on any atom is 0.362 e. The molecule has 0 unspecified atom stereocenters. The molecule has 0 radical (unpaired) electrons. The predicted molar refractivity (Wildman–Crippen MR) is 119 cm³/mol. The normalized spacial score (nSPS) is 15.2. The lowest BCUT2D eigenvalue weighted by Gasteiger charge is -2.38. The van der Waals surface area contributed by atoms with E-state index in [-0.39, 0.29) is 32.8 Å². The Morgan fingerprint density at radius 3 is 2.42 bits per heavy atom. The van der Waals surface area contributed by atoms with Crippen molar-refractivity contribution in [2.45, 2.75) is 58.2 Å². The van der Waals surface area contributed by atoms with Crippen LogP contribution >= 0.6 is 11.3 Å². The lowest BCUT2D eigenvalue weighted by molar-refractivity contribution is -0.196. The minimum absolute atomic E-state index is 0.0319. The van der Waals surface area contributed by atoms with Crippen molar-refractivity contribution in [1.29, 1.82) is 0 Å². The van der Waals surface area contributed by atoms with E-state index in [0.717, 1.165) is 17.8 Å². The Morgan fingerprint density at radius 2 is 1.94 bits per heavy atom. The number of esters is 2. The molecule has 1 fully saturated rings. The highest BCUT2D eigenvalue weighted by Gasteiger charge is 2.50. The molecule has 0 spiro atoms. The molecule has 0 bridgehead atoms. The standard InChI is InChI=1S/C18H25B2N3O7S/c1-5-28-14(26)13(12-9-31-16(21-12)23(19-10-24)20-11-25)22-30-18(7-6-8-18)15(27)29-17(2,3)4/h9-11,19-20H,5-8H2,1-4H3/b22-13-. The smallest absolute Gasteiger partial charge is 0.362 e. The second-order valence-corrected chi connectivity index (χ2v) is 8.69. The van der Waals surface area contributed by atoms with Gasteiger partial charge in [-0.15, -0.1) is 11.3 Å². The number of ether oxygens (including phenoxy) is 2. The molecule has 31 heavy (non-hydrogen) atoms. The summed E-state index contributed by atoms with van der Waals surface area (Å²) in [5.41, 5.74) is -2.01. The quantitative estimate of drug-likeness (QED) is 0.157. The maximum absolute atomic E-state index is 12.6. The second kappa shape index (κ2) is 10.6. The number of thiazole rings is 1. The van der Waals surface area contributed by atoms with E-state index in [1.807, 2.05) is 0 Å². The van der Waals surface area contributed by atoms with Gasteiger partial charge in [-0.25, -0.2) is 14.6 Å². The summed E-state index contributed by atoms with van der Waals surface area (Å²) in [6.07, 6.45) is 2.88. The Bertz CT molecular complexity index is 839. The SMILES string of the molecule is CCOC(=O)/C(=N\OC1(C(=O)OC(C)(C)C)CCC1)c1csc(N(BC=O)BC=O)n1. The van der Waals surface area contributed by atoms with Crippen LogP contribution in [0, 0.1) is 0 Å². The van der Waals surface area contributed by atoms with Crippen molar-refractivity contribution in [2.24, 2.45) is 5.16 Å². The molecule has 0 aliphatic heterocycles. The third kappa shape index (κ3) is 6.39. The molecular formula is C18H25B2N3O7S. The number of oxime groups is 1. The summed E-state index contributed by atoms with van der Waals surface area (Å²) in [4.78, 5) is 56.7. The fourth-order valence-corrected chi connectivity index (χ4v) is 3.48. The number of carbonyl (C=O) groups is 4. The van der Waals surface area contributed by atoms with E-state index in [1.165, 1.54) is 10.1 Å². The molecule has 1 aliphatic rings. The first-order valence-corrected chi connectivity index (χ1v) is 10.8. The molecule has 10 nitrogen and oxygen atoms in total. The maximum atomic E-state index is 12.6. The van der Waals surface area contributed by atoms with Gasteiger partial charge in [0.15, 0.2) is 5.13 Å². The summed E-state index contributed by atoms with van der Waals surface area (Å²) in [5.74, 6) is -1.31. The number of anilines is 1. The van der Waals surface area contributed by atoms with Crippen LogP contribution in [0.3, 0.4) is 0 Å². The highest BCUT2D eigenvalue weighted by atomic mass is 32.1. The summed E-state index contributed by atoms with van der Waals surface area (Å²) >= 11 is 1.13. The van der Waals surface area contributed by atoms with Gasteiger partial charge in [-0.2, -0.15) is 0 Å². The zero-order valence-corrected chi connectivity index (χ0v) is 18.9. The Hall–Kier alpha value is -2.69. The molecule has 0 saturated heterocycles. The van der Waals surface area contributed by atoms with Gasteiger partial charge in [0.25, 0.3) is 14.8 Å². The van der Waals surface area contributed by atoms with Crippen LogP contribution in [-0.2, 0) is 33.5 Å². The molecule has 0 N–H and O–H groups in total. The first-order chi connectivity index (χ1) is 14.7. The Labute approximate surface area is 185 Å². The van der Waals surface area contributed by atoms with Gasteiger partial charge in [-0.3, -0.25) is 0 Å². The average molecular weight is 449 g/mol. The number of hydrogen-bond donors (Lipinski definition) is 0.